The van der Waals surface area contributed by atoms with Crippen LogP contribution < -0.4 is 11.5 Å². The summed E-state index contributed by atoms with van der Waals surface area (Å²) in [6.07, 6.45) is 6.00. The molecule has 1 aliphatic rings. The van der Waals surface area contributed by atoms with Crippen molar-refractivity contribution in [3.05, 3.63) is 0 Å². The number of rotatable bonds is 1. The summed E-state index contributed by atoms with van der Waals surface area (Å²) in [5.74, 6) is 0. The molecule has 1 fully saturated rings. The maximum atomic E-state index is 8.51. The van der Waals surface area contributed by atoms with Crippen molar-refractivity contribution in [3.8, 4) is 0 Å². The molecule has 5 heteroatoms. The highest BCUT2D eigenvalue weighted by molar-refractivity contribution is 7.16. The zero-order chi connectivity index (χ0) is 8.95. The number of hydrogen-bond acceptors (Lipinski definition) is 3. The largest absolute Gasteiger partial charge is 0.491 e. The van der Waals surface area contributed by atoms with E-state index < -0.39 is 8.69 Å². The van der Waals surface area contributed by atoms with E-state index in [1.165, 1.54) is 25.7 Å². The van der Waals surface area contributed by atoms with Crippen LogP contribution in [0.1, 0.15) is 25.7 Å². The van der Waals surface area contributed by atoms with Crippen LogP contribution in [0.4, 0.5) is 0 Å². The van der Waals surface area contributed by atoms with Crippen molar-refractivity contribution in [1.82, 2.24) is 0 Å². The van der Waals surface area contributed by atoms with Crippen molar-refractivity contribution in [3.63, 3.8) is 0 Å². The van der Waals surface area contributed by atoms with Crippen molar-refractivity contribution in [2.75, 3.05) is 13.1 Å². The molecular weight excluding hydrogens is 163 g/mol. The minimum absolute atomic E-state index is 0.597. The van der Waals surface area contributed by atoms with Gasteiger partial charge in [-0.2, -0.15) is 4.89 Å². The van der Waals surface area contributed by atoms with Gasteiger partial charge in [0.05, 0.1) is 0 Å². The van der Waals surface area contributed by atoms with Gasteiger partial charge < -0.3 is 11.5 Å². The quantitative estimate of drug-likeness (QED) is 0.510. The molecule has 0 saturated heterocycles. The zero-order valence-electron chi connectivity index (χ0n) is 6.75. The zero-order valence-corrected chi connectivity index (χ0v) is 7.75. The SMILES string of the molecule is C1CCC1.NCCN.O=[PH+]O. The van der Waals surface area contributed by atoms with Crippen LogP contribution in [-0.4, -0.2) is 18.0 Å². The Morgan fingerprint density at radius 2 is 1.27 bits per heavy atom. The summed E-state index contributed by atoms with van der Waals surface area (Å²) in [6.45, 7) is 1.19. The third kappa shape index (κ3) is 25.6. The predicted octanol–water partition coefficient (Wildman–Crippen LogP) is 0.382. The van der Waals surface area contributed by atoms with Crippen LogP contribution in [0.15, 0.2) is 0 Å². The lowest BCUT2D eigenvalue weighted by Gasteiger charge is -2.05. The molecule has 68 valence electrons. The maximum Gasteiger partial charge on any atom is 0.491 e. The van der Waals surface area contributed by atoms with Gasteiger partial charge in [-0.05, 0) is 4.57 Å². The number of nitrogens with two attached hydrogens (primary N) is 2. The van der Waals surface area contributed by atoms with E-state index in [1.54, 1.807) is 0 Å². The van der Waals surface area contributed by atoms with E-state index in [9.17, 15) is 0 Å². The lowest BCUT2D eigenvalue weighted by molar-refractivity contribution is 0.504. The Kier molecular flexibility index (Phi) is 20.4. The van der Waals surface area contributed by atoms with Crippen LogP contribution in [0, 0.1) is 0 Å². The first-order chi connectivity index (χ1) is 5.33. The molecule has 11 heavy (non-hydrogen) atoms. The third-order valence-corrected chi connectivity index (χ3v) is 1.17. The minimum Gasteiger partial charge on any atom is -0.329 e. The summed E-state index contributed by atoms with van der Waals surface area (Å²) in [4.78, 5) is 7.04. The van der Waals surface area contributed by atoms with Crippen molar-refractivity contribution < 1.29 is 9.46 Å². The van der Waals surface area contributed by atoms with Crippen LogP contribution >= 0.6 is 8.69 Å². The molecule has 1 aliphatic carbocycles. The van der Waals surface area contributed by atoms with Gasteiger partial charge in [0.1, 0.15) is 0 Å². The molecule has 0 aliphatic heterocycles. The molecule has 4 nitrogen and oxygen atoms in total. The van der Waals surface area contributed by atoms with Crippen LogP contribution in [0.2, 0.25) is 0 Å². The fourth-order valence-corrected chi connectivity index (χ4v) is 0.250. The van der Waals surface area contributed by atoms with E-state index in [0.717, 1.165) is 0 Å². The lowest BCUT2D eigenvalue weighted by atomic mass is 10.0. The van der Waals surface area contributed by atoms with E-state index in [0.29, 0.717) is 13.1 Å². The fourth-order valence-electron chi connectivity index (χ4n) is 0.250. The first-order valence-corrected chi connectivity index (χ1v) is 4.60. The van der Waals surface area contributed by atoms with E-state index in [1.807, 2.05) is 0 Å². The highest BCUT2D eigenvalue weighted by atomic mass is 31.1. The first-order valence-electron chi connectivity index (χ1n) is 3.74. The average molecular weight is 181 g/mol. The van der Waals surface area contributed by atoms with Gasteiger partial charge in [0.15, 0.2) is 0 Å². The van der Waals surface area contributed by atoms with Crippen LogP contribution in [0.3, 0.4) is 0 Å². The molecule has 0 amide bonds. The molecule has 1 atom stereocenters. The van der Waals surface area contributed by atoms with Gasteiger partial charge in [-0.3, -0.25) is 0 Å². The van der Waals surface area contributed by atoms with Crippen LogP contribution in [-0.2, 0) is 4.57 Å². The highest BCUT2D eigenvalue weighted by Gasteiger charge is 1.95. The maximum absolute atomic E-state index is 8.51. The Hall–Kier alpha value is -0.0200. The number of hydrogen-bond donors (Lipinski definition) is 3. The second kappa shape index (κ2) is 16.5. The van der Waals surface area contributed by atoms with Crippen LogP contribution in [0.25, 0.3) is 0 Å². The summed E-state index contributed by atoms with van der Waals surface area (Å²) < 4.78 is 8.51. The van der Waals surface area contributed by atoms with Gasteiger partial charge in [0, 0.05) is 13.1 Å². The molecule has 0 radical (unpaired) electrons. The fraction of sp³-hybridized carbons (Fsp3) is 1.00. The molecule has 0 heterocycles. The third-order valence-electron chi connectivity index (χ3n) is 1.17. The minimum atomic E-state index is -1.17. The second-order valence-corrected chi connectivity index (χ2v) is 2.27. The summed E-state index contributed by atoms with van der Waals surface area (Å²) in [5, 5.41) is 0. The molecular formula is C6H18N2O2P+. The first kappa shape index (κ1) is 13.6. The molecule has 0 aromatic heterocycles. The van der Waals surface area contributed by atoms with Crippen molar-refractivity contribution >= 4 is 8.69 Å². The van der Waals surface area contributed by atoms with Crippen molar-refractivity contribution in [2.24, 2.45) is 11.5 Å². The average Bonchev–Trinajstić information content (AvgIpc) is 1.85. The van der Waals surface area contributed by atoms with Gasteiger partial charge in [-0.1, -0.05) is 25.7 Å². The molecule has 1 rings (SSSR count). The van der Waals surface area contributed by atoms with E-state index >= 15 is 0 Å². The van der Waals surface area contributed by atoms with Gasteiger partial charge in [0.2, 0.25) is 0 Å². The highest BCUT2D eigenvalue weighted by Crippen LogP contribution is 2.15. The van der Waals surface area contributed by atoms with Crippen LogP contribution in [0.5, 0.6) is 0 Å². The van der Waals surface area contributed by atoms with Crippen molar-refractivity contribution in [2.45, 2.75) is 25.7 Å². The summed E-state index contributed by atoms with van der Waals surface area (Å²) in [5.41, 5.74) is 9.81. The molecule has 0 aromatic carbocycles. The Labute approximate surface area is 69.3 Å². The molecule has 1 unspecified atom stereocenters. The molecule has 0 aromatic rings. The van der Waals surface area contributed by atoms with E-state index in [4.69, 9.17) is 20.9 Å². The summed E-state index contributed by atoms with van der Waals surface area (Å²) in [7, 11) is -1.17. The van der Waals surface area contributed by atoms with E-state index in [2.05, 4.69) is 0 Å². The normalized spacial score (nSPS) is 13.4. The molecule has 1 saturated carbocycles. The molecule has 5 N–H and O–H groups in total. The van der Waals surface area contributed by atoms with Gasteiger partial charge in [0.25, 0.3) is 0 Å². The van der Waals surface area contributed by atoms with Crippen molar-refractivity contribution in [1.29, 1.82) is 0 Å². The van der Waals surface area contributed by atoms with Gasteiger partial charge in [-0.15, -0.1) is 0 Å². The summed E-state index contributed by atoms with van der Waals surface area (Å²) in [6, 6.07) is 0. The Morgan fingerprint density at radius 3 is 1.27 bits per heavy atom. The topological polar surface area (TPSA) is 89.3 Å². The Bertz CT molecular complexity index is 63.6. The lowest BCUT2D eigenvalue weighted by Crippen LogP contribution is -2.11. The molecule has 0 bridgehead atoms. The summed E-state index contributed by atoms with van der Waals surface area (Å²) >= 11 is 0. The monoisotopic (exact) mass is 181 g/mol. The smallest absolute Gasteiger partial charge is 0.329 e. The Balaban J connectivity index is 0. The Morgan fingerprint density at radius 1 is 1.09 bits per heavy atom. The standard InChI is InChI=1S/C4H8.C2H8N2.HO2P/c1-2-4-3-1;3-1-2-4;1-3-2/h2*1-4H2;3H/p+1. The van der Waals surface area contributed by atoms with Gasteiger partial charge >= 0.3 is 8.69 Å². The van der Waals surface area contributed by atoms with Gasteiger partial charge in [-0.25, -0.2) is 0 Å². The predicted molar refractivity (Wildman–Crippen MR) is 47.8 cm³/mol. The molecule has 0 spiro atoms. The van der Waals surface area contributed by atoms with E-state index in [-0.39, 0.29) is 0 Å². The second-order valence-electron chi connectivity index (χ2n) is 2.08.